The summed E-state index contributed by atoms with van der Waals surface area (Å²) >= 11 is 0. The highest BCUT2D eigenvalue weighted by Crippen LogP contribution is 2.41. The molecular weight excluding hydrogens is 224 g/mol. The van der Waals surface area contributed by atoms with E-state index >= 15 is 0 Å². The molecule has 0 radical (unpaired) electrons. The zero-order valence-corrected chi connectivity index (χ0v) is 11.0. The smallest absolute Gasteiger partial charge is 0.115 e. The minimum atomic E-state index is 0.931. The van der Waals surface area contributed by atoms with Gasteiger partial charge >= 0.3 is 0 Å². The minimum Gasteiger partial charge on any atom is -0.501 e. The lowest BCUT2D eigenvalue weighted by molar-refractivity contribution is 0.283. The lowest BCUT2D eigenvalue weighted by Crippen LogP contribution is -2.11. The van der Waals surface area contributed by atoms with Crippen LogP contribution in [0.4, 0.5) is 0 Å². The molecule has 2 heteroatoms. The summed E-state index contributed by atoms with van der Waals surface area (Å²) in [5.41, 5.74) is 5.73. The van der Waals surface area contributed by atoms with Gasteiger partial charge in [-0.2, -0.15) is 0 Å². The number of methoxy groups -OCH3 is 2. The molecule has 0 spiro atoms. The molecule has 3 rings (SSSR count). The van der Waals surface area contributed by atoms with Crippen molar-refractivity contribution in [1.82, 2.24) is 0 Å². The summed E-state index contributed by atoms with van der Waals surface area (Å²) < 4.78 is 10.7. The maximum Gasteiger partial charge on any atom is 0.115 e. The fourth-order valence-electron chi connectivity index (χ4n) is 2.88. The van der Waals surface area contributed by atoms with Crippen LogP contribution in [0.15, 0.2) is 58.1 Å². The monoisotopic (exact) mass is 242 g/mol. The van der Waals surface area contributed by atoms with Crippen molar-refractivity contribution in [3.63, 3.8) is 0 Å². The number of hydrogen-bond acceptors (Lipinski definition) is 2. The van der Waals surface area contributed by atoms with Crippen molar-refractivity contribution >= 4 is 0 Å². The summed E-state index contributed by atoms with van der Waals surface area (Å²) in [4.78, 5) is 0. The second kappa shape index (κ2) is 4.52. The summed E-state index contributed by atoms with van der Waals surface area (Å²) in [5, 5.41) is 0. The fourth-order valence-corrected chi connectivity index (χ4v) is 2.88. The summed E-state index contributed by atoms with van der Waals surface area (Å²) in [5.74, 6) is 2.05. The van der Waals surface area contributed by atoms with Crippen molar-refractivity contribution < 1.29 is 9.47 Å². The summed E-state index contributed by atoms with van der Waals surface area (Å²) in [6, 6.07) is 0. The molecule has 0 heterocycles. The molecule has 18 heavy (non-hydrogen) atoms. The van der Waals surface area contributed by atoms with Crippen molar-refractivity contribution in [3.05, 3.63) is 58.1 Å². The van der Waals surface area contributed by atoms with Crippen LogP contribution in [0.1, 0.15) is 25.7 Å². The average molecular weight is 242 g/mol. The highest BCUT2D eigenvalue weighted by Gasteiger charge is 2.24. The first kappa shape index (κ1) is 11.4. The Morgan fingerprint density at radius 1 is 0.889 bits per heavy atom. The fraction of sp³-hybridized carbons (Fsp3) is 0.375. The lowest BCUT2D eigenvalue weighted by atomic mass is 9.78. The van der Waals surface area contributed by atoms with E-state index in [1.165, 1.54) is 22.3 Å². The van der Waals surface area contributed by atoms with Gasteiger partial charge in [-0.05, 0) is 59.8 Å². The van der Waals surface area contributed by atoms with Gasteiger partial charge in [0.05, 0.1) is 20.0 Å². The van der Waals surface area contributed by atoms with E-state index < -0.39 is 0 Å². The third kappa shape index (κ3) is 1.82. The van der Waals surface area contributed by atoms with Gasteiger partial charge in [-0.3, -0.25) is 0 Å². The number of allylic oxidation sites excluding steroid dienone is 8. The summed E-state index contributed by atoms with van der Waals surface area (Å²) in [6.45, 7) is 0. The topological polar surface area (TPSA) is 18.5 Å². The van der Waals surface area contributed by atoms with Crippen molar-refractivity contribution in [3.8, 4) is 0 Å². The summed E-state index contributed by atoms with van der Waals surface area (Å²) in [6.07, 6.45) is 13.0. The van der Waals surface area contributed by atoms with E-state index in [4.69, 9.17) is 9.47 Å². The number of fused-ring (bicyclic) bond motifs is 2. The van der Waals surface area contributed by atoms with Crippen LogP contribution in [0.5, 0.6) is 0 Å². The second-order valence-corrected chi connectivity index (χ2v) is 4.82. The maximum absolute atomic E-state index is 5.38. The van der Waals surface area contributed by atoms with E-state index in [1.54, 1.807) is 14.2 Å². The molecule has 0 amide bonds. The molecule has 3 aliphatic rings. The van der Waals surface area contributed by atoms with Crippen molar-refractivity contribution in [2.45, 2.75) is 25.7 Å². The molecule has 0 bridgehead atoms. The van der Waals surface area contributed by atoms with Crippen LogP contribution in [-0.2, 0) is 9.47 Å². The van der Waals surface area contributed by atoms with Crippen molar-refractivity contribution in [2.24, 2.45) is 0 Å². The molecule has 0 N–H and O–H groups in total. The van der Waals surface area contributed by atoms with E-state index in [2.05, 4.69) is 24.3 Å². The Balaban J connectivity index is 2.04. The predicted molar refractivity (Wildman–Crippen MR) is 71.8 cm³/mol. The van der Waals surface area contributed by atoms with Crippen LogP contribution in [-0.4, -0.2) is 14.2 Å². The Hall–Kier alpha value is -1.70. The molecule has 0 atom stereocenters. The van der Waals surface area contributed by atoms with Gasteiger partial charge in [0.2, 0.25) is 0 Å². The Kier molecular flexibility index (Phi) is 2.86. The van der Waals surface area contributed by atoms with E-state index in [-0.39, 0.29) is 0 Å². The normalized spacial score (nSPS) is 22.1. The van der Waals surface area contributed by atoms with Gasteiger partial charge in [-0.15, -0.1) is 0 Å². The second-order valence-electron chi connectivity index (χ2n) is 4.82. The summed E-state index contributed by atoms with van der Waals surface area (Å²) in [7, 11) is 3.48. The first-order chi connectivity index (χ1) is 8.81. The van der Waals surface area contributed by atoms with Crippen LogP contribution in [0.25, 0.3) is 0 Å². The molecule has 0 aliphatic heterocycles. The van der Waals surface area contributed by atoms with Gasteiger partial charge in [0, 0.05) is 6.42 Å². The molecule has 0 saturated carbocycles. The molecular formula is C16H18O2. The van der Waals surface area contributed by atoms with Crippen molar-refractivity contribution in [1.29, 1.82) is 0 Å². The van der Waals surface area contributed by atoms with E-state index in [9.17, 15) is 0 Å². The first-order valence-electron chi connectivity index (χ1n) is 6.44. The van der Waals surface area contributed by atoms with Gasteiger partial charge in [0.25, 0.3) is 0 Å². The molecule has 0 aromatic heterocycles. The molecule has 0 aromatic rings. The number of ether oxygens (including phenoxy) is 2. The van der Waals surface area contributed by atoms with Crippen LogP contribution in [0.3, 0.4) is 0 Å². The van der Waals surface area contributed by atoms with Crippen LogP contribution in [0, 0.1) is 0 Å². The molecule has 3 aliphatic carbocycles. The first-order valence-corrected chi connectivity index (χ1v) is 6.44. The van der Waals surface area contributed by atoms with E-state index in [1.807, 2.05) is 0 Å². The maximum atomic E-state index is 5.38. The number of hydrogen-bond donors (Lipinski definition) is 0. The van der Waals surface area contributed by atoms with Gasteiger partial charge in [0.15, 0.2) is 0 Å². The van der Waals surface area contributed by atoms with E-state index in [0.29, 0.717) is 0 Å². The van der Waals surface area contributed by atoms with Gasteiger partial charge in [0.1, 0.15) is 5.76 Å². The molecule has 0 saturated heterocycles. The highest BCUT2D eigenvalue weighted by atomic mass is 16.5. The van der Waals surface area contributed by atoms with Gasteiger partial charge in [-0.1, -0.05) is 6.08 Å². The molecule has 0 unspecified atom stereocenters. The third-order valence-corrected chi connectivity index (χ3v) is 3.90. The number of rotatable bonds is 2. The van der Waals surface area contributed by atoms with Gasteiger partial charge < -0.3 is 9.47 Å². The zero-order chi connectivity index (χ0) is 12.5. The standard InChI is InChI=1S/C16H18O2/c1-17-13-7-8-15-12(9-13)4-3-11-5-6-14(18-2)10-16(11)15/h5,7,9-10H,3-4,6,8H2,1-2H3. The average Bonchev–Trinajstić information content (AvgIpc) is 2.45. The Labute approximate surface area is 108 Å². The molecule has 0 aromatic carbocycles. The zero-order valence-electron chi connectivity index (χ0n) is 11.0. The van der Waals surface area contributed by atoms with E-state index in [0.717, 1.165) is 37.2 Å². The Bertz CT molecular complexity index is 527. The molecule has 94 valence electrons. The molecule has 2 nitrogen and oxygen atoms in total. The van der Waals surface area contributed by atoms with Crippen molar-refractivity contribution in [2.75, 3.05) is 14.2 Å². The Morgan fingerprint density at radius 3 is 2.50 bits per heavy atom. The largest absolute Gasteiger partial charge is 0.501 e. The van der Waals surface area contributed by atoms with Gasteiger partial charge in [-0.25, -0.2) is 0 Å². The Morgan fingerprint density at radius 2 is 1.72 bits per heavy atom. The minimum absolute atomic E-state index is 0.931. The quantitative estimate of drug-likeness (QED) is 0.733. The van der Waals surface area contributed by atoms with Crippen LogP contribution >= 0.6 is 0 Å². The van der Waals surface area contributed by atoms with Crippen LogP contribution in [0.2, 0.25) is 0 Å². The SMILES string of the molecule is COC1=CCC2=C3C=C(OC)CC=C3CCC2=C1. The van der Waals surface area contributed by atoms with Crippen LogP contribution < -0.4 is 0 Å². The predicted octanol–water partition coefficient (Wildman–Crippen LogP) is 3.80. The highest BCUT2D eigenvalue weighted by molar-refractivity contribution is 5.59. The lowest BCUT2D eigenvalue weighted by Gasteiger charge is -2.28. The third-order valence-electron chi connectivity index (χ3n) is 3.90. The molecule has 0 fully saturated rings.